The molecule has 6 nitrogen and oxygen atoms in total. The summed E-state index contributed by atoms with van der Waals surface area (Å²) in [5.74, 6) is 0. The third-order valence-corrected chi connectivity index (χ3v) is 5.19. The van der Waals surface area contributed by atoms with Crippen molar-refractivity contribution in [1.82, 2.24) is 19.3 Å². The van der Waals surface area contributed by atoms with Gasteiger partial charge in [0.1, 0.15) is 0 Å². The zero-order valence-electron chi connectivity index (χ0n) is 11.6. The molecule has 0 aliphatic heterocycles. The maximum atomic E-state index is 12.0. The van der Waals surface area contributed by atoms with Gasteiger partial charge in [-0.2, -0.15) is 17.4 Å². The van der Waals surface area contributed by atoms with Crippen molar-refractivity contribution in [3.63, 3.8) is 0 Å². The lowest BCUT2D eigenvalue weighted by atomic mass is 10.4. The fraction of sp³-hybridized carbons (Fsp3) is 0.727. The molecule has 19 heavy (non-hydrogen) atoms. The van der Waals surface area contributed by atoms with E-state index in [1.165, 1.54) is 15.6 Å². The van der Waals surface area contributed by atoms with E-state index in [9.17, 15) is 8.42 Å². The van der Waals surface area contributed by atoms with Crippen LogP contribution in [0.1, 0.15) is 23.9 Å². The Morgan fingerprint density at radius 2 is 2.21 bits per heavy atom. The van der Waals surface area contributed by atoms with Crippen molar-refractivity contribution < 1.29 is 8.42 Å². The molecule has 0 fully saturated rings. The second-order valence-electron chi connectivity index (χ2n) is 4.22. The summed E-state index contributed by atoms with van der Waals surface area (Å²) in [5, 5.41) is 3.17. The van der Waals surface area contributed by atoms with Crippen LogP contribution in [-0.4, -0.2) is 44.4 Å². The first-order valence-electron chi connectivity index (χ1n) is 6.28. The molecule has 0 radical (unpaired) electrons. The predicted molar refractivity (Wildman–Crippen MR) is 78.4 cm³/mol. The van der Waals surface area contributed by atoms with Gasteiger partial charge in [-0.1, -0.05) is 6.92 Å². The lowest BCUT2D eigenvalue weighted by molar-refractivity contribution is 0.445. The Morgan fingerprint density at radius 1 is 1.47 bits per heavy atom. The molecule has 0 atom stereocenters. The van der Waals surface area contributed by atoms with Crippen LogP contribution < -0.4 is 10.0 Å². The summed E-state index contributed by atoms with van der Waals surface area (Å²) in [6.45, 7) is 6.43. The van der Waals surface area contributed by atoms with Crippen LogP contribution in [0.2, 0.25) is 0 Å². The summed E-state index contributed by atoms with van der Waals surface area (Å²) in [6.07, 6.45) is 0.796. The van der Waals surface area contributed by atoms with Crippen LogP contribution in [0.5, 0.6) is 0 Å². The second-order valence-corrected chi connectivity index (χ2v) is 7.02. The van der Waals surface area contributed by atoms with E-state index < -0.39 is 10.2 Å². The molecule has 1 aromatic rings. The van der Waals surface area contributed by atoms with Gasteiger partial charge in [0.05, 0.1) is 11.2 Å². The average molecular weight is 306 g/mol. The molecule has 0 aliphatic carbocycles. The zero-order valence-corrected chi connectivity index (χ0v) is 13.3. The van der Waals surface area contributed by atoms with Crippen molar-refractivity contribution in [2.75, 3.05) is 26.7 Å². The molecular formula is C11H22N4O2S2. The summed E-state index contributed by atoms with van der Waals surface area (Å²) in [4.78, 5) is 5.04. The number of hydrogen-bond donors (Lipinski definition) is 2. The van der Waals surface area contributed by atoms with Crippen molar-refractivity contribution in [1.29, 1.82) is 0 Å². The first-order valence-corrected chi connectivity index (χ1v) is 8.60. The predicted octanol–water partition coefficient (Wildman–Crippen LogP) is 0.717. The van der Waals surface area contributed by atoms with E-state index in [0.717, 1.165) is 30.1 Å². The van der Waals surface area contributed by atoms with E-state index in [1.807, 2.05) is 13.8 Å². The zero-order chi connectivity index (χ0) is 14.3. The average Bonchev–Trinajstić information content (AvgIpc) is 2.77. The Morgan fingerprint density at radius 3 is 2.79 bits per heavy atom. The summed E-state index contributed by atoms with van der Waals surface area (Å²) in [6, 6.07) is 0. The number of aromatic nitrogens is 1. The van der Waals surface area contributed by atoms with Gasteiger partial charge in [-0.15, -0.1) is 11.3 Å². The third kappa shape index (κ3) is 5.53. The van der Waals surface area contributed by atoms with Gasteiger partial charge in [0.15, 0.2) is 0 Å². The SMILES string of the molecule is CCNCCCN(C)S(=O)(=O)NCc1scnc1C. The van der Waals surface area contributed by atoms with Crippen LogP contribution in [0.4, 0.5) is 0 Å². The lowest BCUT2D eigenvalue weighted by Crippen LogP contribution is -2.39. The number of nitrogens with zero attached hydrogens (tertiary/aromatic N) is 2. The summed E-state index contributed by atoms with van der Waals surface area (Å²) in [5.41, 5.74) is 2.60. The minimum atomic E-state index is -3.41. The topological polar surface area (TPSA) is 74.3 Å². The molecule has 0 amide bonds. The van der Waals surface area contributed by atoms with Gasteiger partial charge in [0.2, 0.25) is 0 Å². The van der Waals surface area contributed by atoms with Crippen molar-refractivity contribution in [2.45, 2.75) is 26.8 Å². The Labute approximate surface area is 119 Å². The van der Waals surface area contributed by atoms with Gasteiger partial charge in [-0.3, -0.25) is 0 Å². The van der Waals surface area contributed by atoms with Crippen LogP contribution in [0.3, 0.4) is 0 Å². The standard InChI is InChI=1S/C11H22N4O2S2/c1-4-12-6-5-7-15(3)19(16,17)14-8-11-10(2)13-9-18-11/h9,12,14H,4-8H2,1-3H3. The molecule has 0 bridgehead atoms. The molecule has 2 N–H and O–H groups in total. The number of hydrogen-bond acceptors (Lipinski definition) is 5. The number of aryl methyl sites for hydroxylation is 1. The summed E-state index contributed by atoms with van der Waals surface area (Å²) >= 11 is 1.46. The molecule has 1 rings (SSSR count). The molecule has 1 heterocycles. The quantitative estimate of drug-likeness (QED) is 0.659. The molecular weight excluding hydrogens is 284 g/mol. The van der Waals surface area contributed by atoms with Crippen molar-refractivity contribution >= 4 is 21.5 Å². The van der Waals surface area contributed by atoms with Crippen LogP contribution in [0.25, 0.3) is 0 Å². The highest BCUT2D eigenvalue weighted by Crippen LogP contribution is 2.12. The highest BCUT2D eigenvalue weighted by molar-refractivity contribution is 7.87. The fourth-order valence-electron chi connectivity index (χ4n) is 1.49. The molecule has 110 valence electrons. The normalized spacial score (nSPS) is 12.2. The second kappa shape index (κ2) is 7.91. The van der Waals surface area contributed by atoms with E-state index in [0.29, 0.717) is 13.1 Å². The van der Waals surface area contributed by atoms with Gasteiger partial charge >= 0.3 is 0 Å². The Bertz CT molecular complexity index is 473. The minimum absolute atomic E-state index is 0.302. The maximum absolute atomic E-state index is 12.0. The van der Waals surface area contributed by atoms with Gasteiger partial charge < -0.3 is 5.32 Å². The first kappa shape index (κ1) is 16.5. The van der Waals surface area contributed by atoms with E-state index in [4.69, 9.17) is 0 Å². The van der Waals surface area contributed by atoms with E-state index in [-0.39, 0.29) is 0 Å². The van der Waals surface area contributed by atoms with E-state index >= 15 is 0 Å². The van der Waals surface area contributed by atoms with Gasteiger partial charge in [-0.25, -0.2) is 4.98 Å². The van der Waals surface area contributed by atoms with Gasteiger partial charge in [0.25, 0.3) is 10.2 Å². The Hall–Kier alpha value is -0.540. The fourth-order valence-corrected chi connectivity index (χ4v) is 3.21. The van der Waals surface area contributed by atoms with Crippen LogP contribution >= 0.6 is 11.3 Å². The van der Waals surface area contributed by atoms with Gasteiger partial charge in [0, 0.05) is 25.0 Å². The van der Waals surface area contributed by atoms with Crippen LogP contribution in [0.15, 0.2) is 5.51 Å². The molecule has 0 unspecified atom stereocenters. The van der Waals surface area contributed by atoms with Crippen molar-refractivity contribution in [2.24, 2.45) is 0 Å². The van der Waals surface area contributed by atoms with Gasteiger partial charge in [-0.05, 0) is 26.4 Å². The molecule has 0 saturated carbocycles. The maximum Gasteiger partial charge on any atom is 0.279 e. The summed E-state index contributed by atoms with van der Waals surface area (Å²) < 4.78 is 27.9. The number of thiazole rings is 1. The largest absolute Gasteiger partial charge is 0.317 e. The highest BCUT2D eigenvalue weighted by Gasteiger charge is 2.17. The molecule has 0 aromatic carbocycles. The number of nitrogens with one attached hydrogen (secondary N) is 2. The smallest absolute Gasteiger partial charge is 0.279 e. The van der Waals surface area contributed by atoms with E-state index in [2.05, 4.69) is 15.0 Å². The molecule has 0 aliphatic rings. The molecule has 8 heteroatoms. The van der Waals surface area contributed by atoms with Crippen molar-refractivity contribution in [3.8, 4) is 0 Å². The minimum Gasteiger partial charge on any atom is -0.317 e. The van der Waals surface area contributed by atoms with Crippen LogP contribution in [0, 0.1) is 6.92 Å². The Balaban J connectivity index is 2.40. The first-order chi connectivity index (χ1) is 8.97. The molecule has 0 saturated heterocycles. The van der Waals surface area contributed by atoms with Crippen LogP contribution in [-0.2, 0) is 16.8 Å². The third-order valence-electron chi connectivity index (χ3n) is 2.75. The number of rotatable bonds is 9. The van der Waals surface area contributed by atoms with E-state index in [1.54, 1.807) is 12.6 Å². The summed E-state index contributed by atoms with van der Waals surface area (Å²) in [7, 11) is -1.81. The molecule has 0 spiro atoms. The monoisotopic (exact) mass is 306 g/mol. The highest BCUT2D eigenvalue weighted by atomic mass is 32.2. The van der Waals surface area contributed by atoms with Crippen molar-refractivity contribution in [3.05, 3.63) is 16.1 Å². The lowest BCUT2D eigenvalue weighted by Gasteiger charge is -2.17. The Kier molecular flexibility index (Phi) is 6.87. The molecule has 1 aromatic heterocycles.